The molecule has 0 unspecified atom stereocenters. The Kier molecular flexibility index (Phi) is 4.35. The normalized spacial score (nSPS) is 13.8. The number of aromatic nitrogens is 1. The van der Waals surface area contributed by atoms with Gasteiger partial charge in [0.05, 0.1) is 5.01 Å². The fourth-order valence-corrected chi connectivity index (χ4v) is 2.99. The van der Waals surface area contributed by atoms with E-state index < -0.39 is 16.8 Å². The first-order chi connectivity index (χ1) is 7.33. The molecule has 0 saturated carbocycles. The Morgan fingerprint density at radius 1 is 1.75 bits per heavy atom. The van der Waals surface area contributed by atoms with Crippen LogP contribution >= 0.6 is 23.1 Å². The van der Waals surface area contributed by atoms with Gasteiger partial charge in [-0.3, -0.25) is 4.79 Å². The highest BCUT2D eigenvalue weighted by Crippen LogP contribution is 2.32. The zero-order valence-electron chi connectivity index (χ0n) is 9.56. The third kappa shape index (κ3) is 3.47. The molecule has 1 heterocycles. The molecule has 0 spiro atoms. The molecule has 3 N–H and O–H groups in total. The highest BCUT2D eigenvalue weighted by molar-refractivity contribution is 8.00. The standard InChI is InChI=1S/C10H16N2O2S2/c1-6-12-4-7(16-6)5-15-10(2,3)8(11)9(13)14/h4,8H,5,11H2,1-3H3,(H,13,14)/t8-/m0/s1. The number of carboxylic acid groups (broad SMARTS) is 1. The van der Waals surface area contributed by atoms with Crippen LogP contribution < -0.4 is 5.73 Å². The van der Waals surface area contributed by atoms with Crippen molar-refractivity contribution in [1.29, 1.82) is 0 Å². The van der Waals surface area contributed by atoms with Gasteiger partial charge in [0.1, 0.15) is 6.04 Å². The van der Waals surface area contributed by atoms with Crippen molar-refractivity contribution >= 4 is 29.1 Å². The van der Waals surface area contributed by atoms with Crippen LogP contribution in [-0.2, 0) is 10.5 Å². The molecule has 1 rings (SSSR count). The first kappa shape index (κ1) is 13.5. The fraction of sp³-hybridized carbons (Fsp3) is 0.600. The van der Waals surface area contributed by atoms with Crippen LogP contribution in [0.25, 0.3) is 0 Å². The van der Waals surface area contributed by atoms with E-state index in [1.807, 2.05) is 27.0 Å². The van der Waals surface area contributed by atoms with Crippen LogP contribution in [0.2, 0.25) is 0 Å². The van der Waals surface area contributed by atoms with Crippen LogP contribution in [0.15, 0.2) is 6.20 Å². The van der Waals surface area contributed by atoms with E-state index in [0.29, 0.717) is 0 Å². The molecule has 1 aromatic heterocycles. The molecule has 1 aromatic rings. The molecular formula is C10H16N2O2S2. The molecule has 1 atom stereocenters. The lowest BCUT2D eigenvalue weighted by molar-refractivity contribution is -0.139. The maximum Gasteiger partial charge on any atom is 0.321 e. The molecule has 0 bridgehead atoms. The van der Waals surface area contributed by atoms with Crippen LogP contribution in [0.5, 0.6) is 0 Å². The molecule has 90 valence electrons. The van der Waals surface area contributed by atoms with Gasteiger partial charge >= 0.3 is 5.97 Å². The zero-order valence-corrected chi connectivity index (χ0v) is 11.2. The Morgan fingerprint density at radius 3 is 2.81 bits per heavy atom. The Balaban J connectivity index is 2.57. The third-order valence-electron chi connectivity index (χ3n) is 2.27. The number of hydrogen-bond acceptors (Lipinski definition) is 5. The monoisotopic (exact) mass is 260 g/mol. The van der Waals surface area contributed by atoms with Crippen LogP contribution in [0, 0.1) is 6.92 Å². The summed E-state index contributed by atoms with van der Waals surface area (Å²) in [5, 5.41) is 9.89. The number of thiazole rings is 1. The largest absolute Gasteiger partial charge is 0.480 e. The lowest BCUT2D eigenvalue weighted by atomic mass is 10.1. The Hall–Kier alpha value is -0.590. The third-order valence-corrected chi connectivity index (χ3v) is 4.82. The summed E-state index contributed by atoms with van der Waals surface area (Å²) in [6.07, 6.45) is 1.83. The minimum absolute atomic E-state index is 0.482. The SMILES string of the molecule is Cc1ncc(CSC(C)(C)[C@@H](N)C(=O)O)s1. The van der Waals surface area contributed by atoms with Crippen LogP contribution in [0.4, 0.5) is 0 Å². The molecular weight excluding hydrogens is 244 g/mol. The number of thioether (sulfide) groups is 1. The molecule has 0 radical (unpaired) electrons. The van der Waals surface area contributed by atoms with E-state index in [0.717, 1.165) is 15.6 Å². The summed E-state index contributed by atoms with van der Waals surface area (Å²) in [7, 11) is 0. The second-order valence-electron chi connectivity index (χ2n) is 4.05. The quantitative estimate of drug-likeness (QED) is 0.845. The van der Waals surface area contributed by atoms with Crippen molar-refractivity contribution in [3.05, 3.63) is 16.1 Å². The second kappa shape index (κ2) is 5.16. The average molecular weight is 260 g/mol. The van der Waals surface area contributed by atoms with Gasteiger partial charge in [-0.05, 0) is 20.8 Å². The number of nitrogens with zero attached hydrogens (tertiary/aromatic N) is 1. The molecule has 0 aromatic carbocycles. The van der Waals surface area contributed by atoms with E-state index in [2.05, 4.69) is 4.98 Å². The van der Waals surface area contributed by atoms with Gasteiger partial charge in [-0.1, -0.05) is 0 Å². The number of aryl methyl sites for hydroxylation is 1. The van der Waals surface area contributed by atoms with E-state index in [-0.39, 0.29) is 0 Å². The number of nitrogens with two attached hydrogens (primary N) is 1. The molecule has 16 heavy (non-hydrogen) atoms. The van der Waals surface area contributed by atoms with Gasteiger partial charge in [0.25, 0.3) is 0 Å². The maximum absolute atomic E-state index is 10.8. The first-order valence-electron chi connectivity index (χ1n) is 4.86. The van der Waals surface area contributed by atoms with Crippen LogP contribution in [0.1, 0.15) is 23.7 Å². The number of carboxylic acids is 1. The first-order valence-corrected chi connectivity index (χ1v) is 6.67. The smallest absolute Gasteiger partial charge is 0.321 e. The van der Waals surface area contributed by atoms with E-state index in [9.17, 15) is 4.79 Å². The van der Waals surface area contributed by atoms with E-state index in [1.54, 1.807) is 23.1 Å². The summed E-state index contributed by atoms with van der Waals surface area (Å²) in [6, 6.07) is -0.855. The van der Waals surface area contributed by atoms with Gasteiger partial charge < -0.3 is 10.8 Å². The summed E-state index contributed by atoms with van der Waals surface area (Å²) in [6.45, 7) is 5.65. The van der Waals surface area contributed by atoms with Crippen molar-refractivity contribution in [2.45, 2.75) is 37.3 Å². The molecule has 0 aliphatic rings. The molecule has 0 saturated heterocycles. The predicted octanol–water partition coefficient (Wildman–Crippen LogP) is 1.88. The highest BCUT2D eigenvalue weighted by atomic mass is 32.2. The summed E-state index contributed by atoms with van der Waals surface area (Å²) in [5.41, 5.74) is 5.63. The highest BCUT2D eigenvalue weighted by Gasteiger charge is 2.32. The van der Waals surface area contributed by atoms with Gasteiger partial charge in [-0.2, -0.15) is 0 Å². The average Bonchev–Trinajstić information content (AvgIpc) is 2.60. The lowest BCUT2D eigenvalue weighted by Crippen LogP contribution is -2.46. The van der Waals surface area contributed by atoms with E-state index in [1.165, 1.54) is 0 Å². The van der Waals surface area contributed by atoms with Crippen LogP contribution in [-0.4, -0.2) is 26.8 Å². The van der Waals surface area contributed by atoms with Crippen molar-refractivity contribution in [1.82, 2.24) is 4.98 Å². The van der Waals surface area contributed by atoms with Crippen molar-refractivity contribution in [3.8, 4) is 0 Å². The Labute approximate surface area is 103 Å². The summed E-state index contributed by atoms with van der Waals surface area (Å²) >= 11 is 3.17. The number of carbonyl (C=O) groups is 1. The second-order valence-corrected chi connectivity index (χ2v) is 7.00. The number of hydrogen-bond donors (Lipinski definition) is 2. The summed E-state index contributed by atoms with van der Waals surface area (Å²) in [4.78, 5) is 16.1. The van der Waals surface area contributed by atoms with Gasteiger partial charge in [0, 0.05) is 21.6 Å². The number of aliphatic carboxylic acids is 1. The molecule has 0 aliphatic heterocycles. The van der Waals surface area contributed by atoms with E-state index in [4.69, 9.17) is 10.8 Å². The van der Waals surface area contributed by atoms with Gasteiger partial charge in [0.2, 0.25) is 0 Å². The number of rotatable bonds is 5. The Morgan fingerprint density at radius 2 is 2.38 bits per heavy atom. The maximum atomic E-state index is 10.8. The minimum Gasteiger partial charge on any atom is -0.480 e. The van der Waals surface area contributed by atoms with Gasteiger partial charge in [-0.25, -0.2) is 4.98 Å². The van der Waals surface area contributed by atoms with Crippen molar-refractivity contribution in [3.63, 3.8) is 0 Å². The van der Waals surface area contributed by atoms with Gasteiger partial charge in [0.15, 0.2) is 0 Å². The lowest BCUT2D eigenvalue weighted by Gasteiger charge is -2.27. The van der Waals surface area contributed by atoms with Gasteiger partial charge in [-0.15, -0.1) is 23.1 Å². The Bertz CT molecular complexity index is 377. The summed E-state index contributed by atoms with van der Waals surface area (Å²) in [5.74, 6) is -0.211. The molecule has 0 amide bonds. The summed E-state index contributed by atoms with van der Waals surface area (Å²) < 4.78 is -0.482. The van der Waals surface area contributed by atoms with E-state index >= 15 is 0 Å². The van der Waals surface area contributed by atoms with Crippen molar-refractivity contribution in [2.24, 2.45) is 5.73 Å². The molecule has 0 fully saturated rings. The van der Waals surface area contributed by atoms with Crippen molar-refractivity contribution < 1.29 is 9.90 Å². The van der Waals surface area contributed by atoms with Crippen molar-refractivity contribution in [2.75, 3.05) is 0 Å². The zero-order chi connectivity index (χ0) is 12.3. The van der Waals surface area contributed by atoms with Crippen LogP contribution in [0.3, 0.4) is 0 Å². The molecule has 4 nitrogen and oxygen atoms in total. The fourth-order valence-electron chi connectivity index (χ4n) is 1.12. The molecule has 0 aliphatic carbocycles. The predicted molar refractivity (Wildman–Crippen MR) is 67.8 cm³/mol. The topological polar surface area (TPSA) is 76.2 Å². The molecule has 6 heteroatoms. The minimum atomic E-state index is -0.960.